The van der Waals surface area contributed by atoms with E-state index in [0.29, 0.717) is 0 Å². The van der Waals surface area contributed by atoms with E-state index in [1.807, 2.05) is 6.92 Å². The molecule has 0 heterocycles. The van der Waals surface area contributed by atoms with Crippen LogP contribution < -0.4 is 0 Å². The fourth-order valence-corrected chi connectivity index (χ4v) is 0.561. The number of rotatable bonds is 5. The van der Waals surface area contributed by atoms with Crippen LogP contribution in [0.4, 0.5) is 0 Å². The molecule has 0 amide bonds. The molecule has 9 heavy (non-hydrogen) atoms. The largest absolute Gasteiger partial charge is 0.210 e. The first-order chi connectivity index (χ1) is 4.31. The Bertz CT molecular complexity index is 56.3. The van der Waals surface area contributed by atoms with Gasteiger partial charge in [-0.2, -0.15) is 0 Å². The van der Waals surface area contributed by atoms with Gasteiger partial charge in [0.15, 0.2) is 0 Å². The smallest absolute Gasteiger partial charge is 0.0933 e. The Kier molecular flexibility index (Phi) is 5.93. The van der Waals surface area contributed by atoms with E-state index in [9.17, 15) is 0 Å². The zero-order valence-electron chi connectivity index (χ0n) is 6.22. The zero-order chi connectivity index (χ0) is 7.11. The molecule has 0 saturated carbocycles. The summed E-state index contributed by atoms with van der Waals surface area (Å²) in [4.78, 5) is 8.95. The summed E-state index contributed by atoms with van der Waals surface area (Å²) in [7, 11) is 1.42. The standard InChI is InChI=1S/C6H14O3/c1-4-5-6(2)8-9-7-3/h6H,4-5H2,1-3H3. The van der Waals surface area contributed by atoms with Gasteiger partial charge in [0.2, 0.25) is 0 Å². The Balaban J connectivity index is 2.95. The third-order valence-corrected chi connectivity index (χ3v) is 0.967. The number of hydrogen-bond acceptors (Lipinski definition) is 3. The van der Waals surface area contributed by atoms with Crippen molar-refractivity contribution in [2.45, 2.75) is 32.8 Å². The van der Waals surface area contributed by atoms with Crippen LogP contribution in [0.2, 0.25) is 0 Å². The van der Waals surface area contributed by atoms with Crippen LogP contribution >= 0.6 is 0 Å². The van der Waals surface area contributed by atoms with Crippen LogP contribution in [0.25, 0.3) is 0 Å². The Labute approximate surface area is 55.8 Å². The van der Waals surface area contributed by atoms with Crippen LogP contribution in [-0.2, 0) is 14.8 Å². The first-order valence-electron chi connectivity index (χ1n) is 3.17. The average Bonchev–Trinajstić information content (AvgIpc) is 1.85. The monoisotopic (exact) mass is 134 g/mol. The molecule has 0 fully saturated rings. The lowest BCUT2D eigenvalue weighted by atomic mass is 10.2. The molecule has 0 aliphatic heterocycles. The van der Waals surface area contributed by atoms with Gasteiger partial charge in [0.25, 0.3) is 0 Å². The second kappa shape index (κ2) is 6.01. The third-order valence-electron chi connectivity index (χ3n) is 0.967. The van der Waals surface area contributed by atoms with Crippen molar-refractivity contribution >= 4 is 0 Å². The summed E-state index contributed by atoms with van der Waals surface area (Å²) in [6, 6.07) is 0. The van der Waals surface area contributed by atoms with Crippen LogP contribution in [0.5, 0.6) is 0 Å². The van der Waals surface area contributed by atoms with Gasteiger partial charge in [0.05, 0.1) is 13.2 Å². The number of hydrogen-bond donors (Lipinski definition) is 0. The van der Waals surface area contributed by atoms with Gasteiger partial charge in [0, 0.05) is 0 Å². The van der Waals surface area contributed by atoms with Crippen molar-refractivity contribution in [2.24, 2.45) is 0 Å². The molecule has 1 unspecified atom stereocenters. The molecule has 3 nitrogen and oxygen atoms in total. The van der Waals surface area contributed by atoms with E-state index in [0.717, 1.165) is 12.8 Å². The van der Waals surface area contributed by atoms with Gasteiger partial charge in [-0.1, -0.05) is 18.4 Å². The SMILES string of the molecule is CCCC(C)OOOC. The Morgan fingerprint density at radius 1 is 1.44 bits per heavy atom. The molecule has 0 aliphatic carbocycles. The Hall–Kier alpha value is -0.120. The van der Waals surface area contributed by atoms with Crippen molar-refractivity contribution in [1.29, 1.82) is 0 Å². The maximum Gasteiger partial charge on any atom is 0.0933 e. The second-order valence-electron chi connectivity index (χ2n) is 1.93. The second-order valence-corrected chi connectivity index (χ2v) is 1.93. The van der Waals surface area contributed by atoms with Crippen molar-refractivity contribution in [3.8, 4) is 0 Å². The lowest BCUT2D eigenvalue weighted by Crippen LogP contribution is -2.07. The Morgan fingerprint density at radius 3 is 2.56 bits per heavy atom. The van der Waals surface area contributed by atoms with Gasteiger partial charge in [-0.3, -0.25) is 0 Å². The van der Waals surface area contributed by atoms with Gasteiger partial charge in [-0.25, -0.2) is 9.78 Å². The van der Waals surface area contributed by atoms with Crippen molar-refractivity contribution < 1.29 is 14.8 Å². The van der Waals surface area contributed by atoms with Crippen molar-refractivity contribution in [1.82, 2.24) is 0 Å². The van der Waals surface area contributed by atoms with Crippen molar-refractivity contribution in [2.75, 3.05) is 7.11 Å². The Morgan fingerprint density at radius 2 is 2.11 bits per heavy atom. The minimum atomic E-state index is 0.120. The van der Waals surface area contributed by atoms with Crippen LogP contribution in [-0.4, -0.2) is 13.2 Å². The molecule has 0 spiro atoms. The summed E-state index contributed by atoms with van der Waals surface area (Å²) >= 11 is 0. The highest BCUT2D eigenvalue weighted by molar-refractivity contribution is 4.42. The highest BCUT2D eigenvalue weighted by Gasteiger charge is 1.99. The summed E-state index contributed by atoms with van der Waals surface area (Å²) in [6.07, 6.45) is 2.20. The van der Waals surface area contributed by atoms with Crippen molar-refractivity contribution in [3.05, 3.63) is 0 Å². The third kappa shape index (κ3) is 5.76. The lowest BCUT2D eigenvalue weighted by molar-refractivity contribution is -0.515. The lowest BCUT2D eigenvalue weighted by Gasteiger charge is -2.06. The predicted octanol–water partition coefficient (Wildman–Crippen LogP) is 1.68. The van der Waals surface area contributed by atoms with Crippen LogP contribution in [0, 0.1) is 0 Å². The molecular formula is C6H14O3. The maximum absolute atomic E-state index is 4.71. The molecule has 0 rings (SSSR count). The maximum atomic E-state index is 4.71. The molecule has 1 atom stereocenters. The fourth-order valence-electron chi connectivity index (χ4n) is 0.561. The summed E-state index contributed by atoms with van der Waals surface area (Å²) in [5, 5.41) is 4.25. The van der Waals surface area contributed by atoms with E-state index >= 15 is 0 Å². The highest BCUT2D eigenvalue weighted by Crippen LogP contribution is 2.00. The van der Waals surface area contributed by atoms with E-state index in [1.165, 1.54) is 7.11 Å². The summed E-state index contributed by atoms with van der Waals surface area (Å²) in [6.45, 7) is 4.02. The summed E-state index contributed by atoms with van der Waals surface area (Å²) in [5.74, 6) is 0. The van der Waals surface area contributed by atoms with Crippen LogP contribution in [0.3, 0.4) is 0 Å². The molecule has 0 aliphatic rings. The van der Waals surface area contributed by atoms with E-state index < -0.39 is 0 Å². The molecule has 0 N–H and O–H groups in total. The van der Waals surface area contributed by atoms with E-state index in [-0.39, 0.29) is 6.10 Å². The summed E-state index contributed by atoms with van der Waals surface area (Å²) < 4.78 is 0. The molecule has 3 heteroatoms. The van der Waals surface area contributed by atoms with Gasteiger partial charge in [-0.05, 0) is 13.3 Å². The van der Waals surface area contributed by atoms with Gasteiger partial charge in [0.1, 0.15) is 0 Å². The fraction of sp³-hybridized carbons (Fsp3) is 1.00. The molecular weight excluding hydrogens is 120 g/mol. The minimum Gasteiger partial charge on any atom is -0.210 e. The molecule has 0 aromatic carbocycles. The van der Waals surface area contributed by atoms with Gasteiger partial charge < -0.3 is 0 Å². The van der Waals surface area contributed by atoms with Crippen LogP contribution in [0.1, 0.15) is 26.7 Å². The molecule has 0 saturated heterocycles. The molecule has 56 valence electrons. The topological polar surface area (TPSA) is 27.7 Å². The first kappa shape index (κ1) is 8.88. The van der Waals surface area contributed by atoms with Crippen molar-refractivity contribution in [3.63, 3.8) is 0 Å². The molecule has 0 radical (unpaired) electrons. The summed E-state index contributed by atoms with van der Waals surface area (Å²) in [5.41, 5.74) is 0. The molecule has 0 aromatic heterocycles. The minimum absolute atomic E-state index is 0.120. The van der Waals surface area contributed by atoms with Crippen LogP contribution in [0.15, 0.2) is 0 Å². The average molecular weight is 134 g/mol. The predicted molar refractivity (Wildman–Crippen MR) is 33.5 cm³/mol. The van der Waals surface area contributed by atoms with E-state index in [2.05, 4.69) is 16.8 Å². The first-order valence-corrected chi connectivity index (χ1v) is 3.17. The van der Waals surface area contributed by atoms with Gasteiger partial charge >= 0.3 is 0 Å². The van der Waals surface area contributed by atoms with E-state index in [4.69, 9.17) is 4.89 Å². The molecule has 0 aromatic rings. The quantitative estimate of drug-likeness (QED) is 0.423. The van der Waals surface area contributed by atoms with Gasteiger partial charge in [-0.15, -0.1) is 0 Å². The normalized spacial score (nSPS) is 13.7. The van der Waals surface area contributed by atoms with E-state index in [1.54, 1.807) is 0 Å². The highest BCUT2D eigenvalue weighted by atomic mass is 17.5. The molecule has 0 bridgehead atoms. The zero-order valence-corrected chi connectivity index (χ0v) is 6.22.